The Bertz CT molecular complexity index is 605. The Labute approximate surface area is 117 Å². The van der Waals surface area contributed by atoms with E-state index in [0.29, 0.717) is 12.2 Å². The van der Waals surface area contributed by atoms with Crippen molar-refractivity contribution in [3.63, 3.8) is 0 Å². The van der Waals surface area contributed by atoms with Crippen molar-refractivity contribution in [2.75, 3.05) is 13.2 Å². The maximum absolute atomic E-state index is 12.2. The van der Waals surface area contributed by atoms with Crippen LogP contribution in [0, 0.1) is 6.92 Å². The molecule has 6 nitrogen and oxygen atoms in total. The minimum Gasteiger partial charge on any atom is -0.478 e. The largest absolute Gasteiger partial charge is 0.478 e. The average Bonchev–Trinajstić information content (AvgIpc) is 2.89. The molecule has 1 saturated heterocycles. The highest BCUT2D eigenvalue weighted by Crippen LogP contribution is 2.18. The highest BCUT2D eigenvalue weighted by molar-refractivity contribution is 7.89. The van der Waals surface area contributed by atoms with Crippen LogP contribution in [-0.2, 0) is 14.8 Å². The normalized spacial score (nSPS) is 19.1. The summed E-state index contributed by atoms with van der Waals surface area (Å²) in [7, 11) is -3.73. The number of rotatable bonds is 5. The Kier molecular flexibility index (Phi) is 4.42. The van der Waals surface area contributed by atoms with E-state index in [-0.39, 0.29) is 23.1 Å². The molecule has 110 valence electrons. The number of aromatic carboxylic acids is 1. The van der Waals surface area contributed by atoms with Gasteiger partial charge in [0, 0.05) is 13.2 Å². The van der Waals surface area contributed by atoms with Gasteiger partial charge in [0.15, 0.2) is 0 Å². The highest BCUT2D eigenvalue weighted by atomic mass is 32.2. The molecular weight excluding hydrogens is 282 g/mol. The molecule has 1 aliphatic rings. The van der Waals surface area contributed by atoms with Crippen LogP contribution in [0.15, 0.2) is 23.1 Å². The zero-order chi connectivity index (χ0) is 14.8. The van der Waals surface area contributed by atoms with Crippen molar-refractivity contribution in [1.29, 1.82) is 0 Å². The van der Waals surface area contributed by atoms with Crippen molar-refractivity contribution in [3.05, 3.63) is 29.3 Å². The Hall–Kier alpha value is -1.44. The van der Waals surface area contributed by atoms with Gasteiger partial charge in [0.2, 0.25) is 10.0 Å². The number of hydrogen-bond donors (Lipinski definition) is 2. The molecule has 0 aromatic heterocycles. The number of benzene rings is 1. The van der Waals surface area contributed by atoms with Gasteiger partial charge in [-0.3, -0.25) is 0 Å². The second-order valence-corrected chi connectivity index (χ2v) is 6.51. The van der Waals surface area contributed by atoms with Crippen LogP contribution >= 0.6 is 0 Å². The van der Waals surface area contributed by atoms with Crippen LogP contribution in [0.1, 0.15) is 28.8 Å². The Morgan fingerprint density at radius 3 is 2.85 bits per heavy atom. The van der Waals surface area contributed by atoms with Gasteiger partial charge >= 0.3 is 5.97 Å². The van der Waals surface area contributed by atoms with E-state index in [1.54, 1.807) is 6.92 Å². The standard InChI is InChI=1S/C13H17NO5S/c1-9-4-5-10(13(15)16)7-12(9)20(17,18)14-8-11-3-2-6-19-11/h4-5,7,11,14H,2-3,6,8H2,1H3,(H,15,16)/t11-/m1/s1. The van der Waals surface area contributed by atoms with Gasteiger partial charge in [-0.1, -0.05) is 6.07 Å². The van der Waals surface area contributed by atoms with Gasteiger partial charge in [0.05, 0.1) is 16.6 Å². The molecule has 0 aliphatic carbocycles. The van der Waals surface area contributed by atoms with Crippen molar-refractivity contribution in [3.8, 4) is 0 Å². The zero-order valence-electron chi connectivity index (χ0n) is 11.1. The predicted octanol–water partition coefficient (Wildman–Crippen LogP) is 1.15. The predicted molar refractivity (Wildman–Crippen MR) is 72.3 cm³/mol. The SMILES string of the molecule is Cc1ccc(C(=O)O)cc1S(=O)(=O)NC[C@H]1CCCO1. The summed E-state index contributed by atoms with van der Waals surface area (Å²) >= 11 is 0. The van der Waals surface area contributed by atoms with Gasteiger partial charge in [-0.05, 0) is 37.5 Å². The van der Waals surface area contributed by atoms with Crippen LogP contribution < -0.4 is 4.72 Å². The molecule has 1 aliphatic heterocycles. The summed E-state index contributed by atoms with van der Waals surface area (Å²) in [4.78, 5) is 10.9. The molecule has 0 saturated carbocycles. The molecule has 1 aromatic rings. The lowest BCUT2D eigenvalue weighted by Gasteiger charge is -2.13. The number of ether oxygens (including phenoxy) is 1. The van der Waals surface area contributed by atoms with Crippen molar-refractivity contribution in [1.82, 2.24) is 4.72 Å². The first-order valence-corrected chi connectivity index (χ1v) is 7.83. The second kappa shape index (κ2) is 5.90. The van der Waals surface area contributed by atoms with E-state index < -0.39 is 16.0 Å². The zero-order valence-corrected chi connectivity index (χ0v) is 11.9. The lowest BCUT2D eigenvalue weighted by molar-refractivity contribution is 0.0696. The van der Waals surface area contributed by atoms with Crippen LogP contribution in [0.4, 0.5) is 0 Å². The lowest BCUT2D eigenvalue weighted by Crippen LogP contribution is -2.32. The third-order valence-electron chi connectivity index (χ3n) is 3.25. The number of aryl methyl sites for hydroxylation is 1. The van der Waals surface area contributed by atoms with E-state index in [4.69, 9.17) is 9.84 Å². The van der Waals surface area contributed by atoms with Crippen LogP contribution in [0.2, 0.25) is 0 Å². The van der Waals surface area contributed by atoms with Crippen molar-refractivity contribution >= 4 is 16.0 Å². The topological polar surface area (TPSA) is 92.7 Å². The van der Waals surface area contributed by atoms with E-state index in [1.807, 2.05) is 0 Å². The molecule has 0 amide bonds. The average molecular weight is 299 g/mol. The van der Waals surface area contributed by atoms with Crippen molar-refractivity contribution in [2.45, 2.75) is 30.8 Å². The van der Waals surface area contributed by atoms with Crippen LogP contribution in [0.5, 0.6) is 0 Å². The van der Waals surface area contributed by atoms with Crippen LogP contribution in [0.3, 0.4) is 0 Å². The molecule has 0 radical (unpaired) electrons. The van der Waals surface area contributed by atoms with Crippen molar-refractivity contribution < 1.29 is 23.1 Å². The smallest absolute Gasteiger partial charge is 0.335 e. The van der Waals surface area contributed by atoms with Gasteiger partial charge in [-0.25, -0.2) is 17.9 Å². The lowest BCUT2D eigenvalue weighted by atomic mass is 10.1. The van der Waals surface area contributed by atoms with Crippen LogP contribution in [-0.4, -0.2) is 38.7 Å². The molecule has 1 aromatic carbocycles. The summed E-state index contributed by atoms with van der Waals surface area (Å²) in [5, 5.41) is 8.93. The number of carboxylic acid groups (broad SMARTS) is 1. The minimum atomic E-state index is -3.73. The molecule has 7 heteroatoms. The fourth-order valence-corrected chi connectivity index (χ4v) is 3.44. The summed E-state index contributed by atoms with van der Waals surface area (Å²) in [6.45, 7) is 2.49. The molecule has 1 heterocycles. The van der Waals surface area contributed by atoms with Gasteiger partial charge in [-0.15, -0.1) is 0 Å². The summed E-state index contributed by atoms with van der Waals surface area (Å²) < 4.78 is 32.3. The monoisotopic (exact) mass is 299 g/mol. The Morgan fingerprint density at radius 2 is 2.25 bits per heavy atom. The highest BCUT2D eigenvalue weighted by Gasteiger charge is 2.22. The molecular formula is C13H17NO5S. The van der Waals surface area contributed by atoms with Gasteiger partial charge in [0.1, 0.15) is 0 Å². The number of hydrogen-bond acceptors (Lipinski definition) is 4. The second-order valence-electron chi connectivity index (χ2n) is 4.77. The molecule has 1 atom stereocenters. The molecule has 0 unspecified atom stereocenters. The molecule has 0 bridgehead atoms. The summed E-state index contributed by atoms with van der Waals surface area (Å²) in [6.07, 6.45) is 1.66. The maximum atomic E-state index is 12.2. The number of carbonyl (C=O) groups is 1. The van der Waals surface area contributed by atoms with Gasteiger partial charge in [-0.2, -0.15) is 0 Å². The third-order valence-corrected chi connectivity index (χ3v) is 4.82. The van der Waals surface area contributed by atoms with E-state index in [1.165, 1.54) is 18.2 Å². The first kappa shape index (κ1) is 15.0. The van der Waals surface area contributed by atoms with E-state index >= 15 is 0 Å². The van der Waals surface area contributed by atoms with Gasteiger partial charge in [0.25, 0.3) is 0 Å². The Morgan fingerprint density at radius 1 is 1.50 bits per heavy atom. The number of sulfonamides is 1. The minimum absolute atomic E-state index is 0.00426. The first-order valence-electron chi connectivity index (χ1n) is 6.35. The Balaban J connectivity index is 2.19. The molecule has 2 rings (SSSR count). The fraction of sp³-hybridized carbons (Fsp3) is 0.462. The summed E-state index contributed by atoms with van der Waals surface area (Å²) in [5.41, 5.74) is 0.461. The molecule has 20 heavy (non-hydrogen) atoms. The molecule has 1 fully saturated rings. The number of nitrogens with one attached hydrogen (secondary N) is 1. The van der Waals surface area contributed by atoms with E-state index in [9.17, 15) is 13.2 Å². The fourth-order valence-electron chi connectivity index (χ4n) is 2.11. The van der Waals surface area contributed by atoms with Gasteiger partial charge < -0.3 is 9.84 Å². The summed E-state index contributed by atoms with van der Waals surface area (Å²) in [6, 6.07) is 4.05. The third kappa shape index (κ3) is 3.36. The van der Waals surface area contributed by atoms with E-state index in [2.05, 4.69) is 4.72 Å². The summed E-state index contributed by atoms with van der Waals surface area (Å²) in [5.74, 6) is -1.15. The van der Waals surface area contributed by atoms with E-state index in [0.717, 1.165) is 12.8 Å². The molecule has 2 N–H and O–H groups in total. The first-order chi connectivity index (χ1) is 9.40. The molecule has 0 spiro atoms. The van der Waals surface area contributed by atoms with Crippen molar-refractivity contribution in [2.24, 2.45) is 0 Å². The van der Waals surface area contributed by atoms with Crippen LogP contribution in [0.25, 0.3) is 0 Å². The number of carboxylic acids is 1. The quantitative estimate of drug-likeness (QED) is 0.851. The maximum Gasteiger partial charge on any atom is 0.335 e.